The van der Waals surface area contributed by atoms with Crippen LogP contribution in [0.3, 0.4) is 0 Å². The summed E-state index contributed by atoms with van der Waals surface area (Å²) in [5, 5.41) is 25.7. The normalized spacial score (nSPS) is 16.0. The Balaban J connectivity index is 1.83. The van der Waals surface area contributed by atoms with Crippen molar-refractivity contribution in [3.05, 3.63) is 82.8 Å². The van der Waals surface area contributed by atoms with Crippen molar-refractivity contribution in [2.45, 2.75) is 24.0 Å². The van der Waals surface area contributed by atoms with Crippen molar-refractivity contribution < 1.29 is 26.4 Å². The second kappa shape index (κ2) is 9.57. The lowest BCUT2D eigenvalue weighted by atomic mass is 9.94. The van der Waals surface area contributed by atoms with E-state index in [1.165, 1.54) is 42.2 Å². The smallest absolute Gasteiger partial charge is 0.326 e. The number of anilines is 2. The number of benzene rings is 2. The van der Waals surface area contributed by atoms with Crippen LogP contribution >= 0.6 is 0 Å². The first-order valence-electron chi connectivity index (χ1n) is 10.8. The van der Waals surface area contributed by atoms with Gasteiger partial charge in [-0.3, -0.25) is 14.3 Å². The number of allylic oxidation sites excluding steroid dienone is 1. The number of rotatable bonds is 5. The first-order chi connectivity index (χ1) is 17.9. The number of nitriles is 2. The standard InChI is InChI=1S/C24H18F3N7O3S/c1-14-20(11-29)22(31-23(35)34(14)18-5-3-4-16(9-18)24(25,26)27)19-7-6-15(10-28)8-21(19)38(36,37)32-17-12-30-33(2)13-17/h3-9,12-13,22,32H,1-2H3,(H,31,35). The second-order valence-corrected chi connectivity index (χ2v) is 9.90. The molecule has 2 heterocycles. The van der Waals surface area contributed by atoms with Crippen molar-refractivity contribution in [1.82, 2.24) is 15.1 Å². The monoisotopic (exact) mass is 541 g/mol. The average molecular weight is 542 g/mol. The summed E-state index contributed by atoms with van der Waals surface area (Å²) in [6.07, 6.45) is -1.98. The van der Waals surface area contributed by atoms with E-state index in [0.717, 1.165) is 29.2 Å². The zero-order chi connectivity index (χ0) is 27.8. The van der Waals surface area contributed by atoms with E-state index in [1.54, 1.807) is 7.05 Å². The molecule has 1 aromatic heterocycles. The number of amides is 2. The van der Waals surface area contributed by atoms with Crippen LogP contribution in [0.2, 0.25) is 0 Å². The van der Waals surface area contributed by atoms with Gasteiger partial charge in [0.15, 0.2) is 0 Å². The molecule has 0 saturated carbocycles. The number of halogens is 3. The van der Waals surface area contributed by atoms with E-state index < -0.39 is 33.8 Å². The number of carbonyl (C=O) groups is 1. The molecular formula is C24H18F3N7O3S. The average Bonchev–Trinajstić information content (AvgIpc) is 3.26. The summed E-state index contributed by atoms with van der Waals surface area (Å²) < 4.78 is 70.2. The molecular weight excluding hydrogens is 523 g/mol. The number of nitrogens with zero attached hydrogens (tertiary/aromatic N) is 5. The lowest BCUT2D eigenvalue weighted by Crippen LogP contribution is -2.47. The van der Waals surface area contributed by atoms with E-state index in [4.69, 9.17) is 0 Å². The number of hydrogen-bond acceptors (Lipinski definition) is 6. The predicted molar refractivity (Wildman–Crippen MR) is 129 cm³/mol. The van der Waals surface area contributed by atoms with Crippen molar-refractivity contribution in [2.24, 2.45) is 7.05 Å². The topological polar surface area (TPSA) is 144 Å². The Labute approximate surface area is 215 Å². The van der Waals surface area contributed by atoms with Crippen molar-refractivity contribution >= 4 is 27.4 Å². The summed E-state index contributed by atoms with van der Waals surface area (Å²) >= 11 is 0. The van der Waals surface area contributed by atoms with Crippen LogP contribution in [0.25, 0.3) is 0 Å². The van der Waals surface area contributed by atoms with Gasteiger partial charge in [-0.2, -0.15) is 28.8 Å². The van der Waals surface area contributed by atoms with Gasteiger partial charge in [0.1, 0.15) is 0 Å². The first kappa shape index (κ1) is 26.2. The van der Waals surface area contributed by atoms with Crippen molar-refractivity contribution in [1.29, 1.82) is 10.5 Å². The van der Waals surface area contributed by atoms with Crippen LogP contribution in [-0.4, -0.2) is 24.2 Å². The van der Waals surface area contributed by atoms with E-state index in [2.05, 4.69) is 15.1 Å². The Kier molecular flexibility index (Phi) is 6.61. The van der Waals surface area contributed by atoms with Gasteiger partial charge >= 0.3 is 12.2 Å². The molecule has 0 saturated heterocycles. The molecule has 0 aliphatic carbocycles. The summed E-state index contributed by atoms with van der Waals surface area (Å²) in [6, 6.07) is 9.40. The molecule has 3 aromatic rings. The summed E-state index contributed by atoms with van der Waals surface area (Å²) in [4.78, 5) is 13.7. The lowest BCUT2D eigenvalue weighted by Gasteiger charge is -2.34. The fourth-order valence-corrected chi connectivity index (χ4v) is 5.32. The Bertz CT molecular complexity index is 1660. The molecule has 1 aliphatic rings. The fourth-order valence-electron chi connectivity index (χ4n) is 4.01. The summed E-state index contributed by atoms with van der Waals surface area (Å²) in [6.45, 7) is 1.37. The SMILES string of the molecule is CC1=C(C#N)C(c2ccc(C#N)cc2S(=O)(=O)Nc2cnn(C)c2)NC(=O)N1c1cccc(C(F)(F)F)c1. The summed E-state index contributed by atoms with van der Waals surface area (Å²) in [5.74, 6) is 0. The first-order valence-corrected chi connectivity index (χ1v) is 12.3. The van der Waals surface area contributed by atoms with Crippen LogP contribution in [0.5, 0.6) is 0 Å². The maximum atomic E-state index is 13.3. The largest absolute Gasteiger partial charge is 0.416 e. The molecule has 10 nitrogen and oxygen atoms in total. The van der Waals surface area contributed by atoms with Crippen LogP contribution < -0.4 is 14.9 Å². The Morgan fingerprint density at radius 2 is 1.87 bits per heavy atom. The van der Waals surface area contributed by atoms with E-state index in [1.807, 2.05) is 12.1 Å². The van der Waals surface area contributed by atoms with Crippen molar-refractivity contribution in [2.75, 3.05) is 9.62 Å². The number of nitrogens with one attached hydrogen (secondary N) is 2. The third-order valence-corrected chi connectivity index (χ3v) is 7.17. The molecule has 14 heteroatoms. The van der Waals surface area contributed by atoms with E-state index in [0.29, 0.717) is 0 Å². The molecule has 0 fully saturated rings. The predicted octanol–water partition coefficient (Wildman–Crippen LogP) is 4.18. The van der Waals surface area contributed by atoms with E-state index in [9.17, 15) is 36.9 Å². The van der Waals surface area contributed by atoms with Crippen LogP contribution in [0.15, 0.2) is 71.0 Å². The number of hydrogen-bond donors (Lipinski definition) is 2. The van der Waals surface area contributed by atoms with Crippen LogP contribution in [-0.2, 0) is 23.2 Å². The van der Waals surface area contributed by atoms with Crippen LogP contribution in [0, 0.1) is 22.7 Å². The minimum atomic E-state index is -4.66. The minimum absolute atomic E-state index is 0.00671. The Morgan fingerprint density at radius 1 is 1.13 bits per heavy atom. The molecule has 0 bridgehead atoms. The molecule has 194 valence electrons. The fraction of sp³-hybridized carbons (Fsp3) is 0.167. The highest BCUT2D eigenvalue weighted by molar-refractivity contribution is 7.92. The molecule has 1 unspecified atom stereocenters. The summed E-state index contributed by atoms with van der Waals surface area (Å²) in [5.41, 5.74) is -1.10. The highest BCUT2D eigenvalue weighted by Crippen LogP contribution is 2.38. The van der Waals surface area contributed by atoms with Crippen LogP contribution in [0.1, 0.15) is 29.7 Å². The van der Waals surface area contributed by atoms with E-state index >= 15 is 0 Å². The summed E-state index contributed by atoms with van der Waals surface area (Å²) in [7, 11) is -2.76. The number of urea groups is 1. The molecule has 1 aliphatic heterocycles. The molecule has 0 radical (unpaired) electrons. The number of sulfonamides is 1. The molecule has 0 spiro atoms. The van der Waals surface area contributed by atoms with Crippen LogP contribution in [0.4, 0.5) is 29.3 Å². The Morgan fingerprint density at radius 3 is 2.47 bits per heavy atom. The Hall–Kier alpha value is -4.82. The lowest BCUT2D eigenvalue weighted by molar-refractivity contribution is -0.137. The van der Waals surface area contributed by atoms with Crippen molar-refractivity contribution in [3.8, 4) is 12.1 Å². The third-order valence-electron chi connectivity index (χ3n) is 5.74. The molecule has 4 rings (SSSR count). The van der Waals surface area contributed by atoms with Gasteiger partial charge in [0, 0.05) is 24.5 Å². The molecule has 2 N–H and O–H groups in total. The van der Waals surface area contributed by atoms with Gasteiger partial charge < -0.3 is 5.32 Å². The highest BCUT2D eigenvalue weighted by atomic mass is 32.2. The van der Waals surface area contributed by atoms with Gasteiger partial charge in [0.25, 0.3) is 10.0 Å². The highest BCUT2D eigenvalue weighted by Gasteiger charge is 2.37. The zero-order valence-electron chi connectivity index (χ0n) is 19.8. The maximum absolute atomic E-state index is 13.3. The van der Waals surface area contributed by atoms with Gasteiger partial charge in [0.05, 0.1) is 57.3 Å². The van der Waals surface area contributed by atoms with Crippen molar-refractivity contribution in [3.63, 3.8) is 0 Å². The van der Waals surface area contributed by atoms with Gasteiger partial charge in [-0.1, -0.05) is 12.1 Å². The molecule has 2 amide bonds. The van der Waals surface area contributed by atoms with Gasteiger partial charge in [0.2, 0.25) is 0 Å². The number of alkyl halides is 3. The van der Waals surface area contributed by atoms with Gasteiger partial charge in [-0.25, -0.2) is 13.2 Å². The molecule has 1 atom stereocenters. The van der Waals surface area contributed by atoms with Gasteiger partial charge in [-0.05, 0) is 37.3 Å². The number of aromatic nitrogens is 2. The van der Waals surface area contributed by atoms with Gasteiger partial charge in [-0.15, -0.1) is 0 Å². The second-order valence-electron chi connectivity index (χ2n) is 8.25. The minimum Gasteiger partial charge on any atom is -0.326 e. The van der Waals surface area contributed by atoms with E-state index in [-0.39, 0.29) is 38.7 Å². The zero-order valence-corrected chi connectivity index (χ0v) is 20.6. The molecule has 38 heavy (non-hydrogen) atoms. The number of carbonyl (C=O) groups excluding carboxylic acids is 1. The maximum Gasteiger partial charge on any atom is 0.416 e. The third kappa shape index (κ3) is 4.89. The molecule has 2 aromatic carbocycles. The number of aryl methyl sites for hydroxylation is 1. The quantitative estimate of drug-likeness (QED) is 0.496.